The second-order valence-corrected chi connectivity index (χ2v) is 3.56. The molecular weight excluding hydrogens is 215 g/mol. The number of methoxy groups -OCH3 is 2. The Labute approximate surface area is 101 Å². The van der Waals surface area contributed by atoms with Crippen LogP contribution in [0.4, 0.5) is 0 Å². The van der Waals surface area contributed by atoms with Crippen LogP contribution in [0.1, 0.15) is 10.4 Å². The Bertz CT molecular complexity index is 578. The van der Waals surface area contributed by atoms with E-state index < -0.39 is 0 Å². The standard InChI is InChI=1S/C13H11BO3/c1-16-12-8-5-3-4-6-9(8)13(17-2)11(14)10(12)7-15/h3-7H,1-2H3. The molecule has 2 aromatic rings. The van der Waals surface area contributed by atoms with Crippen molar-refractivity contribution in [2.75, 3.05) is 14.2 Å². The third-order valence-electron chi connectivity index (χ3n) is 2.72. The van der Waals surface area contributed by atoms with Gasteiger partial charge in [-0.25, -0.2) is 0 Å². The largest absolute Gasteiger partial charge is 0.497 e. The number of benzene rings is 2. The molecule has 2 radical (unpaired) electrons. The summed E-state index contributed by atoms with van der Waals surface area (Å²) in [6.45, 7) is 0. The summed E-state index contributed by atoms with van der Waals surface area (Å²) in [5, 5.41) is 1.64. The van der Waals surface area contributed by atoms with Gasteiger partial charge in [-0.05, 0) is 5.46 Å². The van der Waals surface area contributed by atoms with E-state index in [1.165, 1.54) is 14.2 Å². The molecule has 0 aliphatic carbocycles. The molecular formula is C13H11BO3. The first-order chi connectivity index (χ1) is 8.24. The van der Waals surface area contributed by atoms with Gasteiger partial charge in [0.1, 0.15) is 19.3 Å². The summed E-state index contributed by atoms with van der Waals surface area (Å²) in [6.07, 6.45) is 0.684. The lowest BCUT2D eigenvalue weighted by atomic mass is 9.86. The third-order valence-corrected chi connectivity index (χ3v) is 2.72. The minimum absolute atomic E-state index is 0.304. The normalized spacial score (nSPS) is 10.2. The summed E-state index contributed by atoms with van der Waals surface area (Å²) in [6, 6.07) is 7.49. The van der Waals surface area contributed by atoms with E-state index in [1.54, 1.807) is 0 Å². The highest BCUT2D eigenvalue weighted by Gasteiger charge is 2.16. The molecule has 0 heterocycles. The molecule has 0 N–H and O–H groups in total. The molecule has 0 unspecified atom stereocenters. The first kappa shape index (κ1) is 11.5. The van der Waals surface area contributed by atoms with E-state index in [0.29, 0.717) is 28.8 Å². The summed E-state index contributed by atoms with van der Waals surface area (Å²) in [7, 11) is 8.95. The molecule has 0 spiro atoms. The number of carbonyl (C=O) groups is 1. The van der Waals surface area contributed by atoms with Gasteiger partial charge >= 0.3 is 0 Å². The van der Waals surface area contributed by atoms with E-state index in [-0.39, 0.29) is 0 Å². The Hall–Kier alpha value is -1.97. The number of aldehydes is 1. The molecule has 0 saturated carbocycles. The van der Waals surface area contributed by atoms with Crippen LogP contribution in [0.3, 0.4) is 0 Å². The second kappa shape index (κ2) is 4.49. The van der Waals surface area contributed by atoms with Gasteiger partial charge in [-0.3, -0.25) is 4.79 Å². The molecule has 84 valence electrons. The van der Waals surface area contributed by atoms with Crippen molar-refractivity contribution < 1.29 is 14.3 Å². The van der Waals surface area contributed by atoms with Gasteiger partial charge in [0.25, 0.3) is 0 Å². The molecule has 2 rings (SSSR count). The van der Waals surface area contributed by atoms with Crippen LogP contribution in [0.5, 0.6) is 11.5 Å². The Morgan fingerprint density at radius 1 is 1.06 bits per heavy atom. The van der Waals surface area contributed by atoms with Crippen molar-refractivity contribution in [1.29, 1.82) is 0 Å². The molecule has 0 amide bonds. The molecule has 4 heteroatoms. The minimum Gasteiger partial charge on any atom is -0.497 e. The predicted molar refractivity (Wildman–Crippen MR) is 67.8 cm³/mol. The monoisotopic (exact) mass is 226 g/mol. The highest BCUT2D eigenvalue weighted by atomic mass is 16.5. The van der Waals surface area contributed by atoms with Crippen molar-refractivity contribution in [3.8, 4) is 11.5 Å². The third kappa shape index (κ3) is 1.66. The summed E-state index contributed by atoms with van der Waals surface area (Å²) in [4.78, 5) is 11.1. The lowest BCUT2D eigenvalue weighted by Gasteiger charge is -2.16. The number of hydrogen-bond acceptors (Lipinski definition) is 3. The van der Waals surface area contributed by atoms with Crippen molar-refractivity contribution in [2.45, 2.75) is 0 Å². The summed E-state index contributed by atoms with van der Waals surface area (Å²) < 4.78 is 10.5. The average molecular weight is 226 g/mol. The number of ether oxygens (including phenoxy) is 2. The molecule has 17 heavy (non-hydrogen) atoms. The van der Waals surface area contributed by atoms with Crippen LogP contribution in [0.15, 0.2) is 24.3 Å². The van der Waals surface area contributed by atoms with Gasteiger partial charge in [-0.2, -0.15) is 0 Å². The molecule has 0 aliphatic heterocycles. The fourth-order valence-electron chi connectivity index (χ4n) is 1.97. The maximum atomic E-state index is 11.1. The average Bonchev–Trinajstić information content (AvgIpc) is 2.37. The van der Waals surface area contributed by atoms with E-state index in [1.807, 2.05) is 24.3 Å². The van der Waals surface area contributed by atoms with E-state index in [4.69, 9.17) is 17.3 Å². The van der Waals surface area contributed by atoms with Crippen molar-refractivity contribution in [1.82, 2.24) is 0 Å². The number of rotatable bonds is 3. The lowest BCUT2D eigenvalue weighted by Crippen LogP contribution is -2.15. The molecule has 0 aromatic heterocycles. The first-order valence-corrected chi connectivity index (χ1v) is 5.12. The zero-order valence-corrected chi connectivity index (χ0v) is 9.69. The van der Waals surface area contributed by atoms with E-state index in [0.717, 1.165) is 10.8 Å². The van der Waals surface area contributed by atoms with Crippen molar-refractivity contribution in [3.63, 3.8) is 0 Å². The second-order valence-electron chi connectivity index (χ2n) is 3.56. The fourth-order valence-corrected chi connectivity index (χ4v) is 1.97. The molecule has 3 nitrogen and oxygen atoms in total. The molecule has 0 saturated heterocycles. The Morgan fingerprint density at radius 3 is 2.06 bits per heavy atom. The van der Waals surface area contributed by atoms with E-state index >= 15 is 0 Å². The maximum Gasteiger partial charge on any atom is 0.153 e. The topological polar surface area (TPSA) is 35.5 Å². The number of hydrogen-bond donors (Lipinski definition) is 0. The lowest BCUT2D eigenvalue weighted by molar-refractivity contribution is 0.112. The highest BCUT2D eigenvalue weighted by molar-refractivity contribution is 6.39. The van der Waals surface area contributed by atoms with Crippen molar-refractivity contribution in [2.24, 2.45) is 0 Å². The van der Waals surface area contributed by atoms with Crippen LogP contribution < -0.4 is 14.9 Å². The van der Waals surface area contributed by atoms with Gasteiger partial charge in [0.15, 0.2) is 6.29 Å². The highest BCUT2D eigenvalue weighted by Crippen LogP contribution is 2.33. The zero-order valence-electron chi connectivity index (χ0n) is 9.69. The molecule has 0 atom stereocenters. The van der Waals surface area contributed by atoms with Crippen LogP contribution in [-0.4, -0.2) is 28.4 Å². The van der Waals surface area contributed by atoms with Crippen molar-refractivity contribution >= 4 is 30.4 Å². The smallest absolute Gasteiger partial charge is 0.153 e. The van der Waals surface area contributed by atoms with Gasteiger partial charge in [0, 0.05) is 10.8 Å². The van der Waals surface area contributed by atoms with E-state index in [9.17, 15) is 4.79 Å². The molecule has 0 bridgehead atoms. The van der Waals surface area contributed by atoms with Gasteiger partial charge in [0.05, 0.1) is 19.8 Å². The zero-order chi connectivity index (χ0) is 12.4. The number of carbonyl (C=O) groups excluding carboxylic acids is 1. The van der Waals surface area contributed by atoms with Gasteiger partial charge in [-0.15, -0.1) is 0 Å². The van der Waals surface area contributed by atoms with Crippen LogP contribution in [-0.2, 0) is 0 Å². The molecule has 2 aromatic carbocycles. The van der Waals surface area contributed by atoms with E-state index in [2.05, 4.69) is 0 Å². The Kier molecular flexibility index (Phi) is 3.05. The predicted octanol–water partition coefficient (Wildman–Crippen LogP) is 1.46. The van der Waals surface area contributed by atoms with Crippen LogP contribution in [0, 0.1) is 0 Å². The van der Waals surface area contributed by atoms with Crippen LogP contribution >= 0.6 is 0 Å². The van der Waals surface area contributed by atoms with Gasteiger partial charge in [-0.1, -0.05) is 24.3 Å². The van der Waals surface area contributed by atoms with Crippen molar-refractivity contribution in [3.05, 3.63) is 29.8 Å². The van der Waals surface area contributed by atoms with Crippen LogP contribution in [0.25, 0.3) is 10.8 Å². The summed E-state index contributed by atoms with van der Waals surface area (Å²) in [5.74, 6) is 0.984. The minimum atomic E-state index is 0.304. The van der Waals surface area contributed by atoms with Gasteiger partial charge < -0.3 is 9.47 Å². The molecule has 0 aliphatic rings. The summed E-state index contributed by atoms with van der Waals surface area (Å²) in [5.41, 5.74) is 0.626. The number of fused-ring (bicyclic) bond motifs is 1. The Morgan fingerprint density at radius 2 is 1.59 bits per heavy atom. The maximum absolute atomic E-state index is 11.1. The molecule has 0 fully saturated rings. The summed E-state index contributed by atoms with van der Waals surface area (Å²) >= 11 is 0. The fraction of sp³-hybridized carbons (Fsp3) is 0.154. The SMILES string of the molecule is [B]c1c(C=O)c(OC)c2ccccc2c1OC. The first-order valence-electron chi connectivity index (χ1n) is 5.12. The van der Waals surface area contributed by atoms with Gasteiger partial charge in [0.2, 0.25) is 0 Å². The Balaban J connectivity index is 2.98. The van der Waals surface area contributed by atoms with Crippen LogP contribution in [0.2, 0.25) is 0 Å². The quantitative estimate of drug-likeness (QED) is 0.587.